The highest BCUT2D eigenvalue weighted by Gasteiger charge is 2.08. The molecule has 0 aromatic heterocycles. The molecule has 1 N–H and O–H groups in total. The van der Waals surface area contributed by atoms with Crippen LogP contribution < -0.4 is 0 Å². The van der Waals surface area contributed by atoms with Crippen LogP contribution in [0.3, 0.4) is 0 Å². The predicted molar refractivity (Wildman–Crippen MR) is 85.2 cm³/mol. The van der Waals surface area contributed by atoms with Gasteiger partial charge in [-0.05, 0) is 53.5 Å². The number of phenols is 1. The van der Waals surface area contributed by atoms with Crippen molar-refractivity contribution in [2.24, 2.45) is 5.92 Å². The molecule has 0 radical (unpaired) electrons. The summed E-state index contributed by atoms with van der Waals surface area (Å²) in [4.78, 5) is 0. The third-order valence-corrected chi connectivity index (χ3v) is 3.64. The highest BCUT2D eigenvalue weighted by molar-refractivity contribution is 5.30. The van der Waals surface area contributed by atoms with Crippen molar-refractivity contribution < 1.29 is 5.11 Å². The molecule has 1 atom stereocenters. The van der Waals surface area contributed by atoms with Gasteiger partial charge in [0.25, 0.3) is 0 Å². The summed E-state index contributed by atoms with van der Waals surface area (Å²) >= 11 is 0. The Morgan fingerprint density at radius 3 is 2.20 bits per heavy atom. The lowest BCUT2D eigenvalue weighted by atomic mass is 9.91. The van der Waals surface area contributed by atoms with E-state index in [-0.39, 0.29) is 0 Å². The van der Waals surface area contributed by atoms with E-state index in [1.807, 2.05) is 12.1 Å². The number of aromatic hydroxyl groups is 1. The highest BCUT2D eigenvalue weighted by Crippen LogP contribution is 2.23. The summed E-state index contributed by atoms with van der Waals surface area (Å²) in [5, 5.41) is 9.33. The van der Waals surface area contributed by atoms with E-state index in [4.69, 9.17) is 0 Å². The van der Waals surface area contributed by atoms with Gasteiger partial charge < -0.3 is 5.11 Å². The topological polar surface area (TPSA) is 20.2 Å². The zero-order valence-electron chi connectivity index (χ0n) is 12.6. The summed E-state index contributed by atoms with van der Waals surface area (Å²) < 4.78 is 0. The average Bonchev–Trinajstić information content (AvgIpc) is 2.41. The minimum absolute atomic E-state index is 0.334. The van der Waals surface area contributed by atoms with Crippen LogP contribution >= 0.6 is 0 Å². The average molecular weight is 268 g/mol. The van der Waals surface area contributed by atoms with Crippen LogP contribution in [0.1, 0.15) is 43.4 Å². The van der Waals surface area contributed by atoms with Gasteiger partial charge in [0.15, 0.2) is 0 Å². The fourth-order valence-corrected chi connectivity index (χ4v) is 2.60. The van der Waals surface area contributed by atoms with E-state index in [0.717, 1.165) is 12.8 Å². The van der Waals surface area contributed by atoms with Gasteiger partial charge >= 0.3 is 0 Å². The van der Waals surface area contributed by atoms with Crippen LogP contribution in [-0.2, 0) is 12.8 Å². The van der Waals surface area contributed by atoms with E-state index >= 15 is 0 Å². The molecule has 1 nitrogen and oxygen atoms in total. The standard InChI is InChI=1S/C19H24O/c1-14(2)11-17-5-4-6-18(13-17)15(3)12-16-7-9-19(20)10-8-16/h4-10,13-15,20H,11-12H2,1-3H3. The van der Waals surface area contributed by atoms with Gasteiger partial charge in [-0.3, -0.25) is 0 Å². The molecule has 0 fully saturated rings. The Morgan fingerprint density at radius 2 is 1.55 bits per heavy atom. The molecule has 2 aromatic rings. The summed E-state index contributed by atoms with van der Waals surface area (Å²) in [6, 6.07) is 16.5. The number of phenolic OH excluding ortho intramolecular Hbond substituents is 1. The van der Waals surface area contributed by atoms with Crippen LogP contribution in [0.2, 0.25) is 0 Å². The van der Waals surface area contributed by atoms with Gasteiger partial charge in [-0.15, -0.1) is 0 Å². The Hall–Kier alpha value is -1.76. The Bertz CT molecular complexity index is 540. The lowest BCUT2D eigenvalue weighted by Gasteiger charge is -2.14. The molecule has 1 heteroatoms. The van der Waals surface area contributed by atoms with Crippen molar-refractivity contribution in [3.8, 4) is 5.75 Å². The van der Waals surface area contributed by atoms with Crippen molar-refractivity contribution in [2.45, 2.75) is 39.5 Å². The lowest BCUT2D eigenvalue weighted by Crippen LogP contribution is -2.01. The normalized spacial score (nSPS) is 12.6. The molecule has 20 heavy (non-hydrogen) atoms. The van der Waals surface area contributed by atoms with Crippen molar-refractivity contribution in [1.82, 2.24) is 0 Å². The zero-order chi connectivity index (χ0) is 14.5. The van der Waals surface area contributed by atoms with Crippen LogP contribution in [0.4, 0.5) is 0 Å². The summed E-state index contributed by atoms with van der Waals surface area (Å²) in [5.41, 5.74) is 4.09. The van der Waals surface area contributed by atoms with E-state index < -0.39 is 0 Å². The summed E-state index contributed by atoms with van der Waals surface area (Å²) in [6.45, 7) is 6.78. The van der Waals surface area contributed by atoms with Gasteiger partial charge in [0.05, 0.1) is 0 Å². The van der Waals surface area contributed by atoms with E-state index in [9.17, 15) is 5.11 Å². The molecule has 0 saturated heterocycles. The molecule has 0 spiro atoms. The van der Waals surface area contributed by atoms with Gasteiger partial charge in [-0.2, -0.15) is 0 Å². The molecule has 1 unspecified atom stereocenters. The first-order valence-corrected chi connectivity index (χ1v) is 7.41. The fourth-order valence-electron chi connectivity index (χ4n) is 2.60. The molecule has 0 aliphatic carbocycles. The minimum atomic E-state index is 0.334. The maximum atomic E-state index is 9.33. The van der Waals surface area contributed by atoms with Gasteiger partial charge in [0.1, 0.15) is 5.75 Å². The highest BCUT2D eigenvalue weighted by atomic mass is 16.3. The number of hydrogen-bond donors (Lipinski definition) is 1. The predicted octanol–water partition coefficient (Wildman–Crippen LogP) is 4.94. The van der Waals surface area contributed by atoms with Crippen LogP contribution in [0.25, 0.3) is 0 Å². The largest absolute Gasteiger partial charge is 0.508 e. The number of benzene rings is 2. The summed E-state index contributed by atoms with van der Waals surface area (Å²) in [7, 11) is 0. The first kappa shape index (κ1) is 14.6. The van der Waals surface area contributed by atoms with Crippen molar-refractivity contribution in [3.05, 3.63) is 65.2 Å². The van der Waals surface area contributed by atoms with Gasteiger partial charge in [0.2, 0.25) is 0 Å². The second kappa shape index (κ2) is 6.60. The molecular formula is C19H24O. The molecule has 0 bridgehead atoms. The summed E-state index contributed by atoms with van der Waals surface area (Å²) in [6.07, 6.45) is 2.14. The maximum Gasteiger partial charge on any atom is 0.115 e. The van der Waals surface area contributed by atoms with Crippen LogP contribution in [0, 0.1) is 5.92 Å². The third-order valence-electron chi connectivity index (χ3n) is 3.64. The maximum absolute atomic E-state index is 9.33. The van der Waals surface area contributed by atoms with E-state index in [1.165, 1.54) is 16.7 Å². The van der Waals surface area contributed by atoms with Crippen molar-refractivity contribution in [2.75, 3.05) is 0 Å². The lowest BCUT2D eigenvalue weighted by molar-refractivity contribution is 0.475. The van der Waals surface area contributed by atoms with E-state index in [1.54, 1.807) is 12.1 Å². The molecule has 0 heterocycles. The second-order valence-corrected chi connectivity index (χ2v) is 6.11. The molecule has 0 saturated carbocycles. The molecule has 2 aromatic carbocycles. The molecule has 0 aliphatic rings. The SMILES string of the molecule is CC(C)Cc1cccc(C(C)Cc2ccc(O)cc2)c1. The number of hydrogen-bond acceptors (Lipinski definition) is 1. The molecule has 2 rings (SSSR count). The van der Waals surface area contributed by atoms with Crippen LogP contribution in [0.15, 0.2) is 48.5 Å². The van der Waals surface area contributed by atoms with E-state index in [2.05, 4.69) is 45.0 Å². The first-order chi connectivity index (χ1) is 9.54. The molecule has 0 aliphatic heterocycles. The zero-order valence-corrected chi connectivity index (χ0v) is 12.6. The molecule has 106 valence electrons. The minimum Gasteiger partial charge on any atom is -0.508 e. The van der Waals surface area contributed by atoms with E-state index in [0.29, 0.717) is 17.6 Å². The number of rotatable bonds is 5. The smallest absolute Gasteiger partial charge is 0.115 e. The molecular weight excluding hydrogens is 244 g/mol. The third kappa shape index (κ3) is 4.12. The fraction of sp³-hybridized carbons (Fsp3) is 0.368. The Balaban J connectivity index is 2.08. The Morgan fingerprint density at radius 1 is 0.850 bits per heavy atom. The quantitative estimate of drug-likeness (QED) is 0.814. The summed E-state index contributed by atoms with van der Waals surface area (Å²) in [5.74, 6) is 1.52. The van der Waals surface area contributed by atoms with Crippen LogP contribution in [0.5, 0.6) is 5.75 Å². The second-order valence-electron chi connectivity index (χ2n) is 6.11. The van der Waals surface area contributed by atoms with Gasteiger partial charge in [-0.1, -0.05) is 57.2 Å². The molecule has 0 amide bonds. The Labute approximate surface area is 122 Å². The first-order valence-electron chi connectivity index (χ1n) is 7.41. The monoisotopic (exact) mass is 268 g/mol. The van der Waals surface area contributed by atoms with Gasteiger partial charge in [-0.25, -0.2) is 0 Å². The van der Waals surface area contributed by atoms with Crippen LogP contribution in [-0.4, -0.2) is 5.11 Å². The van der Waals surface area contributed by atoms with Crippen molar-refractivity contribution in [3.63, 3.8) is 0 Å². The van der Waals surface area contributed by atoms with Crippen molar-refractivity contribution >= 4 is 0 Å². The Kier molecular flexibility index (Phi) is 4.84. The van der Waals surface area contributed by atoms with Gasteiger partial charge in [0, 0.05) is 0 Å². The van der Waals surface area contributed by atoms with Crippen molar-refractivity contribution in [1.29, 1.82) is 0 Å².